The molecule has 0 aliphatic heterocycles. The molecule has 3 amide bonds. The molecule has 0 heterocycles. The summed E-state index contributed by atoms with van der Waals surface area (Å²) in [5, 5.41) is 6.03. The van der Waals surface area contributed by atoms with Crippen LogP contribution < -0.4 is 15.5 Å². The first-order valence-corrected chi connectivity index (χ1v) is 7.56. The smallest absolute Gasteiger partial charge is 0.321 e. The average Bonchev–Trinajstić information content (AvgIpc) is 3.18. The summed E-state index contributed by atoms with van der Waals surface area (Å²) in [7, 11) is 1.86. The Morgan fingerprint density at radius 2 is 2.05 bits per heavy atom. The van der Waals surface area contributed by atoms with Crippen molar-refractivity contribution in [3.05, 3.63) is 33.8 Å². The van der Waals surface area contributed by atoms with Crippen molar-refractivity contribution in [1.29, 1.82) is 0 Å². The molecule has 1 aliphatic rings. The number of carbonyl (C=O) groups is 2. The molecule has 0 bridgehead atoms. The zero-order valence-corrected chi connectivity index (χ0v) is 13.2. The minimum atomic E-state index is -0.420. The van der Waals surface area contributed by atoms with Crippen molar-refractivity contribution in [3.8, 4) is 0 Å². The van der Waals surface area contributed by atoms with Crippen LogP contribution >= 0.6 is 23.2 Å². The van der Waals surface area contributed by atoms with E-state index in [2.05, 4.69) is 10.6 Å². The van der Waals surface area contributed by atoms with Gasteiger partial charge in [-0.25, -0.2) is 4.79 Å². The molecule has 1 atom stereocenters. The van der Waals surface area contributed by atoms with E-state index in [1.807, 2.05) is 19.2 Å². The molecular weight excluding hydrogens is 313 g/mol. The maximum absolute atomic E-state index is 11.8. The van der Waals surface area contributed by atoms with Crippen LogP contribution in [0.2, 0.25) is 10.0 Å². The summed E-state index contributed by atoms with van der Waals surface area (Å²) in [4.78, 5) is 24.1. The lowest BCUT2D eigenvalue weighted by Crippen LogP contribution is -3.09. The van der Waals surface area contributed by atoms with Gasteiger partial charge in [-0.2, -0.15) is 0 Å². The van der Waals surface area contributed by atoms with Crippen LogP contribution in [-0.4, -0.2) is 31.6 Å². The minimum absolute atomic E-state index is 0.181. The zero-order chi connectivity index (χ0) is 15.4. The molecule has 114 valence electrons. The van der Waals surface area contributed by atoms with Crippen LogP contribution in [0, 0.1) is 0 Å². The lowest BCUT2D eigenvalue weighted by atomic mass is 10.2. The number of amides is 3. The van der Waals surface area contributed by atoms with E-state index in [4.69, 9.17) is 23.2 Å². The molecule has 5 nitrogen and oxygen atoms in total. The molecule has 0 spiro atoms. The lowest BCUT2D eigenvalue weighted by Gasteiger charge is -2.15. The number of rotatable bonds is 5. The number of benzene rings is 1. The summed E-state index contributed by atoms with van der Waals surface area (Å²) in [6.45, 7) is 0.734. The second kappa shape index (κ2) is 7.11. The number of halogens is 2. The number of carbonyl (C=O) groups excluding carboxylic acids is 2. The maximum atomic E-state index is 11.8. The zero-order valence-electron chi connectivity index (χ0n) is 11.7. The molecule has 3 N–H and O–H groups in total. The van der Waals surface area contributed by atoms with Gasteiger partial charge in [0.15, 0.2) is 6.54 Å². The van der Waals surface area contributed by atoms with Crippen LogP contribution in [0.3, 0.4) is 0 Å². The van der Waals surface area contributed by atoms with Crippen molar-refractivity contribution in [2.75, 3.05) is 13.6 Å². The van der Waals surface area contributed by atoms with E-state index in [0.29, 0.717) is 16.6 Å². The van der Waals surface area contributed by atoms with Gasteiger partial charge >= 0.3 is 6.03 Å². The fourth-order valence-corrected chi connectivity index (χ4v) is 2.35. The van der Waals surface area contributed by atoms with Crippen molar-refractivity contribution >= 4 is 35.1 Å². The molecule has 2 rings (SSSR count). The van der Waals surface area contributed by atoms with Gasteiger partial charge in [0.2, 0.25) is 0 Å². The first-order chi connectivity index (χ1) is 9.95. The summed E-state index contributed by atoms with van der Waals surface area (Å²) < 4.78 is 0. The fraction of sp³-hybridized carbons (Fsp3) is 0.429. The van der Waals surface area contributed by atoms with Crippen molar-refractivity contribution in [1.82, 2.24) is 10.6 Å². The molecule has 0 saturated heterocycles. The topological polar surface area (TPSA) is 62.6 Å². The van der Waals surface area contributed by atoms with Gasteiger partial charge in [-0.3, -0.25) is 10.1 Å². The van der Waals surface area contributed by atoms with E-state index in [1.165, 1.54) is 0 Å². The van der Waals surface area contributed by atoms with Gasteiger partial charge in [0.25, 0.3) is 5.91 Å². The highest BCUT2D eigenvalue weighted by atomic mass is 35.5. The highest BCUT2D eigenvalue weighted by molar-refractivity contribution is 6.42. The number of imide groups is 1. The Labute approximate surface area is 133 Å². The van der Waals surface area contributed by atoms with Gasteiger partial charge < -0.3 is 10.2 Å². The van der Waals surface area contributed by atoms with E-state index < -0.39 is 6.03 Å². The van der Waals surface area contributed by atoms with Crippen LogP contribution in [0.25, 0.3) is 0 Å². The largest absolute Gasteiger partial charge is 0.335 e. The minimum Gasteiger partial charge on any atom is -0.335 e. The van der Waals surface area contributed by atoms with E-state index in [1.54, 1.807) is 6.07 Å². The van der Waals surface area contributed by atoms with E-state index in [0.717, 1.165) is 23.3 Å². The molecular formula is C14H18Cl2N3O2+. The molecule has 1 aliphatic carbocycles. The van der Waals surface area contributed by atoms with Crippen LogP contribution in [0.15, 0.2) is 18.2 Å². The van der Waals surface area contributed by atoms with Gasteiger partial charge in [0, 0.05) is 11.6 Å². The Balaban J connectivity index is 1.80. The molecule has 7 heteroatoms. The van der Waals surface area contributed by atoms with E-state index in [9.17, 15) is 9.59 Å². The number of hydrogen-bond acceptors (Lipinski definition) is 2. The van der Waals surface area contributed by atoms with Gasteiger partial charge in [0.1, 0.15) is 6.54 Å². The second-order valence-electron chi connectivity index (χ2n) is 5.32. The number of likely N-dealkylation sites (N-methyl/N-ethyl adjacent to an activating group) is 1. The van der Waals surface area contributed by atoms with Gasteiger partial charge in [-0.1, -0.05) is 35.3 Å². The van der Waals surface area contributed by atoms with E-state index in [-0.39, 0.29) is 18.5 Å². The van der Waals surface area contributed by atoms with Gasteiger partial charge in [-0.15, -0.1) is 0 Å². The van der Waals surface area contributed by atoms with Crippen molar-refractivity contribution in [2.45, 2.75) is 25.4 Å². The maximum Gasteiger partial charge on any atom is 0.321 e. The lowest BCUT2D eigenvalue weighted by molar-refractivity contribution is -0.885. The Morgan fingerprint density at radius 3 is 2.71 bits per heavy atom. The fourth-order valence-electron chi connectivity index (χ4n) is 1.97. The Kier molecular flexibility index (Phi) is 5.45. The SMILES string of the molecule is C[NH+](CC(=O)NC(=O)NC1CC1)Cc1cccc(Cl)c1Cl. The van der Waals surface area contributed by atoms with Crippen LogP contribution in [0.5, 0.6) is 0 Å². The highest BCUT2D eigenvalue weighted by Crippen LogP contribution is 2.24. The number of quaternary nitrogens is 1. The molecule has 1 fully saturated rings. The molecule has 1 unspecified atom stereocenters. The van der Waals surface area contributed by atoms with Crippen LogP contribution in [0.1, 0.15) is 18.4 Å². The predicted molar refractivity (Wildman–Crippen MR) is 81.6 cm³/mol. The predicted octanol–water partition coefficient (Wildman–Crippen LogP) is 0.996. The highest BCUT2D eigenvalue weighted by Gasteiger charge is 2.24. The number of urea groups is 1. The number of hydrogen-bond donors (Lipinski definition) is 3. The Morgan fingerprint density at radius 1 is 1.33 bits per heavy atom. The third-order valence-corrected chi connectivity index (χ3v) is 4.01. The van der Waals surface area contributed by atoms with Gasteiger partial charge in [-0.05, 0) is 18.9 Å². The summed E-state index contributed by atoms with van der Waals surface area (Å²) in [6, 6.07) is 5.22. The van der Waals surface area contributed by atoms with Crippen molar-refractivity contribution in [2.24, 2.45) is 0 Å². The first-order valence-electron chi connectivity index (χ1n) is 6.80. The summed E-state index contributed by atoms with van der Waals surface area (Å²) in [5.74, 6) is -0.316. The standard InChI is InChI=1S/C14H17Cl2N3O2/c1-19(7-9-3-2-4-11(15)13(9)16)8-12(20)18-14(21)17-10-5-6-10/h2-4,10H,5-8H2,1H3,(H2,17,18,20,21)/p+1. The molecule has 1 saturated carbocycles. The summed E-state index contributed by atoms with van der Waals surface area (Å²) >= 11 is 12.1. The van der Waals surface area contributed by atoms with Crippen LogP contribution in [0.4, 0.5) is 4.79 Å². The molecule has 0 radical (unpaired) electrons. The number of nitrogens with one attached hydrogen (secondary N) is 3. The molecule has 0 aromatic heterocycles. The van der Waals surface area contributed by atoms with E-state index >= 15 is 0 Å². The van der Waals surface area contributed by atoms with Crippen molar-refractivity contribution in [3.63, 3.8) is 0 Å². The van der Waals surface area contributed by atoms with Crippen molar-refractivity contribution < 1.29 is 14.5 Å². The third-order valence-electron chi connectivity index (χ3n) is 3.15. The Bertz CT molecular complexity index is 547. The summed E-state index contributed by atoms with van der Waals surface area (Å²) in [6.07, 6.45) is 1.97. The monoisotopic (exact) mass is 330 g/mol. The van der Waals surface area contributed by atoms with Crippen LogP contribution in [-0.2, 0) is 11.3 Å². The molecule has 1 aromatic carbocycles. The molecule has 1 aromatic rings. The second-order valence-corrected chi connectivity index (χ2v) is 6.10. The first kappa shape index (κ1) is 16.1. The molecule has 21 heavy (non-hydrogen) atoms. The average molecular weight is 331 g/mol. The normalized spacial score (nSPS) is 15.4. The van der Waals surface area contributed by atoms with Gasteiger partial charge in [0.05, 0.1) is 17.1 Å². The quantitative estimate of drug-likeness (QED) is 0.754. The Hall–Kier alpha value is -1.30. The third kappa shape index (κ3) is 5.19. The summed E-state index contributed by atoms with van der Waals surface area (Å²) in [5.41, 5.74) is 0.872.